The van der Waals surface area contributed by atoms with Crippen LogP contribution in [0.2, 0.25) is 0 Å². The lowest BCUT2D eigenvalue weighted by molar-refractivity contribution is -0.140. The second-order valence-corrected chi connectivity index (χ2v) is 6.71. The van der Waals surface area contributed by atoms with Crippen molar-refractivity contribution in [2.24, 2.45) is 11.8 Å². The summed E-state index contributed by atoms with van der Waals surface area (Å²) in [7, 11) is 2.72. The average Bonchev–Trinajstić information content (AvgIpc) is 2.49. The zero-order valence-electron chi connectivity index (χ0n) is 15.5. The summed E-state index contributed by atoms with van der Waals surface area (Å²) in [4.78, 5) is 32.7. The molecule has 0 bridgehead atoms. The normalized spacial score (nSPS) is 11.0. The van der Waals surface area contributed by atoms with E-state index in [9.17, 15) is 9.59 Å². The Kier molecular flexibility index (Phi) is 7.82. The van der Waals surface area contributed by atoms with Gasteiger partial charge in [0.15, 0.2) is 0 Å². The quantitative estimate of drug-likeness (QED) is 0.678. The molecule has 0 saturated heterocycles. The summed E-state index contributed by atoms with van der Waals surface area (Å²) < 4.78 is 9.53. The Morgan fingerprint density at radius 2 is 1.08 bits per heavy atom. The van der Waals surface area contributed by atoms with E-state index >= 15 is 0 Å². The van der Waals surface area contributed by atoms with Crippen LogP contribution in [-0.2, 0) is 44.7 Å². The number of hydrogen-bond acceptors (Lipinski definition) is 6. The highest BCUT2D eigenvalue weighted by atomic mass is 16.5. The molecule has 0 aliphatic heterocycles. The zero-order chi connectivity index (χ0) is 18.3. The van der Waals surface area contributed by atoms with Gasteiger partial charge in [-0.05, 0) is 24.7 Å². The van der Waals surface area contributed by atoms with Gasteiger partial charge >= 0.3 is 11.9 Å². The van der Waals surface area contributed by atoms with Crippen molar-refractivity contribution in [1.82, 2.24) is 9.97 Å². The largest absolute Gasteiger partial charge is 0.469 e. The summed E-state index contributed by atoms with van der Waals surface area (Å²) >= 11 is 0. The van der Waals surface area contributed by atoms with Crippen molar-refractivity contribution in [2.75, 3.05) is 14.2 Å². The second-order valence-electron chi connectivity index (χ2n) is 6.71. The number of esters is 2. The lowest BCUT2D eigenvalue weighted by atomic mass is 10.0. The summed E-state index contributed by atoms with van der Waals surface area (Å²) in [5, 5.41) is 0. The third-order valence-corrected chi connectivity index (χ3v) is 3.49. The van der Waals surface area contributed by atoms with Gasteiger partial charge in [0.05, 0.1) is 49.8 Å². The topological polar surface area (TPSA) is 78.4 Å². The van der Waals surface area contributed by atoms with E-state index < -0.39 is 0 Å². The number of nitrogens with zero attached hydrogens (tertiary/aromatic N) is 2. The van der Waals surface area contributed by atoms with Crippen LogP contribution in [0.1, 0.15) is 50.5 Å². The molecule has 6 nitrogen and oxygen atoms in total. The maximum Gasteiger partial charge on any atom is 0.311 e. The first kappa shape index (κ1) is 20.1. The van der Waals surface area contributed by atoms with E-state index in [0.29, 0.717) is 36.1 Å². The van der Waals surface area contributed by atoms with Gasteiger partial charge in [-0.15, -0.1) is 0 Å². The van der Waals surface area contributed by atoms with Gasteiger partial charge < -0.3 is 9.47 Å². The van der Waals surface area contributed by atoms with Crippen molar-refractivity contribution >= 4 is 11.9 Å². The standard InChI is InChI=1S/C18H28N2O4/c1-11(2)7-13-15(9-17(21)23-5)20-14(8-12(3)4)16(19-13)10-18(22)24-6/h11-12H,7-10H2,1-6H3. The molecule has 1 aromatic rings. The fraction of sp³-hybridized carbons (Fsp3) is 0.667. The van der Waals surface area contributed by atoms with Crippen LogP contribution in [0.4, 0.5) is 0 Å². The van der Waals surface area contributed by atoms with Crippen molar-refractivity contribution < 1.29 is 19.1 Å². The lowest BCUT2D eigenvalue weighted by Gasteiger charge is -2.16. The van der Waals surface area contributed by atoms with E-state index in [1.807, 2.05) is 0 Å². The molecule has 0 aliphatic carbocycles. The van der Waals surface area contributed by atoms with E-state index in [-0.39, 0.29) is 24.8 Å². The molecule has 0 radical (unpaired) electrons. The summed E-state index contributed by atoms with van der Waals surface area (Å²) in [5.41, 5.74) is 2.78. The Hall–Kier alpha value is -1.98. The maximum atomic E-state index is 11.7. The van der Waals surface area contributed by atoms with Crippen LogP contribution in [0.3, 0.4) is 0 Å². The Bertz CT molecular complexity index is 531. The Morgan fingerprint density at radius 3 is 1.33 bits per heavy atom. The predicted octanol–water partition coefficient (Wildman–Crippen LogP) is 2.30. The molecule has 0 fully saturated rings. The molecule has 0 aromatic carbocycles. The van der Waals surface area contributed by atoms with E-state index in [4.69, 9.17) is 9.47 Å². The molecule has 1 aromatic heterocycles. The van der Waals surface area contributed by atoms with Gasteiger partial charge in [-0.25, -0.2) is 0 Å². The highest BCUT2D eigenvalue weighted by molar-refractivity contribution is 5.73. The molecule has 1 heterocycles. The molecular weight excluding hydrogens is 308 g/mol. The fourth-order valence-corrected chi connectivity index (χ4v) is 2.39. The molecule has 0 N–H and O–H groups in total. The van der Waals surface area contributed by atoms with Gasteiger partial charge in [0, 0.05) is 0 Å². The van der Waals surface area contributed by atoms with Crippen LogP contribution in [-0.4, -0.2) is 36.1 Å². The van der Waals surface area contributed by atoms with Gasteiger partial charge in [0.1, 0.15) is 0 Å². The smallest absolute Gasteiger partial charge is 0.311 e. The fourth-order valence-electron chi connectivity index (χ4n) is 2.39. The number of aromatic nitrogens is 2. The van der Waals surface area contributed by atoms with Crippen LogP contribution in [0, 0.1) is 11.8 Å². The Labute approximate surface area is 144 Å². The van der Waals surface area contributed by atoms with E-state index in [1.54, 1.807) is 0 Å². The molecule has 24 heavy (non-hydrogen) atoms. The van der Waals surface area contributed by atoms with Gasteiger partial charge in [-0.1, -0.05) is 27.7 Å². The molecule has 6 heteroatoms. The number of rotatable bonds is 8. The van der Waals surface area contributed by atoms with Gasteiger partial charge in [0.2, 0.25) is 0 Å². The number of ether oxygens (including phenoxy) is 2. The van der Waals surface area contributed by atoms with Crippen LogP contribution in [0.5, 0.6) is 0 Å². The minimum atomic E-state index is -0.342. The van der Waals surface area contributed by atoms with Crippen LogP contribution >= 0.6 is 0 Å². The molecule has 0 amide bonds. The molecule has 0 unspecified atom stereocenters. The molecule has 0 spiro atoms. The molecule has 0 atom stereocenters. The number of carbonyl (C=O) groups excluding carboxylic acids is 2. The van der Waals surface area contributed by atoms with Crippen molar-refractivity contribution in [3.05, 3.63) is 22.8 Å². The highest BCUT2D eigenvalue weighted by Gasteiger charge is 2.19. The van der Waals surface area contributed by atoms with E-state index in [2.05, 4.69) is 37.7 Å². The minimum absolute atomic E-state index is 0.0924. The average molecular weight is 336 g/mol. The molecule has 1 rings (SSSR count). The predicted molar refractivity (Wildman–Crippen MR) is 90.6 cm³/mol. The van der Waals surface area contributed by atoms with Gasteiger partial charge in [-0.3, -0.25) is 19.6 Å². The highest BCUT2D eigenvalue weighted by Crippen LogP contribution is 2.18. The lowest BCUT2D eigenvalue weighted by Crippen LogP contribution is -2.18. The van der Waals surface area contributed by atoms with Crippen molar-refractivity contribution in [3.63, 3.8) is 0 Å². The van der Waals surface area contributed by atoms with Crippen LogP contribution < -0.4 is 0 Å². The third kappa shape index (κ3) is 6.26. The summed E-state index contributed by atoms with van der Waals surface area (Å²) in [6.07, 6.45) is 1.56. The van der Waals surface area contributed by atoms with Crippen molar-refractivity contribution in [2.45, 2.75) is 53.4 Å². The third-order valence-electron chi connectivity index (χ3n) is 3.49. The summed E-state index contributed by atoms with van der Waals surface area (Å²) in [6.45, 7) is 8.30. The van der Waals surface area contributed by atoms with E-state index in [0.717, 1.165) is 11.4 Å². The first-order valence-corrected chi connectivity index (χ1v) is 8.27. The second kappa shape index (κ2) is 9.35. The number of hydrogen-bond donors (Lipinski definition) is 0. The summed E-state index contributed by atoms with van der Waals surface area (Å²) in [6, 6.07) is 0. The molecule has 134 valence electrons. The Balaban J connectivity index is 3.33. The number of methoxy groups -OCH3 is 2. The SMILES string of the molecule is COC(=O)Cc1nc(CC(C)C)c(CC(=O)OC)nc1CC(C)C. The molecular formula is C18H28N2O4. The van der Waals surface area contributed by atoms with E-state index in [1.165, 1.54) is 14.2 Å². The number of carbonyl (C=O) groups is 2. The Morgan fingerprint density at radius 1 is 0.750 bits per heavy atom. The maximum absolute atomic E-state index is 11.7. The van der Waals surface area contributed by atoms with Gasteiger partial charge in [-0.2, -0.15) is 0 Å². The van der Waals surface area contributed by atoms with Crippen molar-refractivity contribution in [1.29, 1.82) is 0 Å². The minimum Gasteiger partial charge on any atom is -0.469 e. The van der Waals surface area contributed by atoms with Crippen molar-refractivity contribution in [3.8, 4) is 0 Å². The zero-order valence-corrected chi connectivity index (χ0v) is 15.5. The molecule has 0 aliphatic rings. The summed E-state index contributed by atoms with van der Waals surface area (Å²) in [5.74, 6) is 0.0336. The monoisotopic (exact) mass is 336 g/mol. The van der Waals surface area contributed by atoms with Crippen LogP contribution in [0.15, 0.2) is 0 Å². The van der Waals surface area contributed by atoms with Crippen LogP contribution in [0.25, 0.3) is 0 Å². The first-order valence-electron chi connectivity index (χ1n) is 8.27. The molecule has 0 saturated carbocycles. The first-order chi connectivity index (χ1) is 11.3. The van der Waals surface area contributed by atoms with Gasteiger partial charge in [0.25, 0.3) is 0 Å².